The SMILES string of the molecule is CN(Cc1ccccc1Cl)CC1(C)CCCCN1. The van der Waals surface area contributed by atoms with Gasteiger partial charge in [0.1, 0.15) is 0 Å². The predicted molar refractivity (Wildman–Crippen MR) is 78.0 cm³/mol. The fraction of sp³-hybridized carbons (Fsp3) is 0.600. The summed E-state index contributed by atoms with van der Waals surface area (Å²) >= 11 is 6.20. The van der Waals surface area contributed by atoms with Crippen LogP contribution in [0.5, 0.6) is 0 Å². The smallest absolute Gasteiger partial charge is 0.0451 e. The number of nitrogens with zero attached hydrogens (tertiary/aromatic N) is 1. The lowest BCUT2D eigenvalue weighted by molar-refractivity contribution is 0.183. The van der Waals surface area contributed by atoms with Gasteiger partial charge in [-0.05, 0) is 45.0 Å². The van der Waals surface area contributed by atoms with Crippen molar-refractivity contribution in [3.05, 3.63) is 34.9 Å². The average molecular weight is 267 g/mol. The van der Waals surface area contributed by atoms with Crippen LogP contribution in [0.25, 0.3) is 0 Å². The number of benzene rings is 1. The molecule has 100 valence electrons. The zero-order chi connectivity index (χ0) is 13.0. The highest BCUT2D eigenvalue weighted by Crippen LogP contribution is 2.22. The van der Waals surface area contributed by atoms with Crippen molar-refractivity contribution in [3.8, 4) is 0 Å². The van der Waals surface area contributed by atoms with E-state index in [4.69, 9.17) is 11.6 Å². The molecule has 1 unspecified atom stereocenters. The molecular formula is C15H23ClN2. The highest BCUT2D eigenvalue weighted by Gasteiger charge is 2.27. The van der Waals surface area contributed by atoms with Crippen molar-refractivity contribution >= 4 is 11.6 Å². The molecule has 1 heterocycles. The van der Waals surface area contributed by atoms with E-state index >= 15 is 0 Å². The number of likely N-dealkylation sites (N-methyl/N-ethyl adjacent to an activating group) is 1. The van der Waals surface area contributed by atoms with E-state index in [-0.39, 0.29) is 5.54 Å². The van der Waals surface area contributed by atoms with Crippen LogP contribution in [0.4, 0.5) is 0 Å². The molecular weight excluding hydrogens is 244 g/mol. The summed E-state index contributed by atoms with van der Waals surface area (Å²) in [5.74, 6) is 0. The molecule has 1 N–H and O–H groups in total. The Morgan fingerprint density at radius 2 is 2.11 bits per heavy atom. The average Bonchev–Trinajstić information content (AvgIpc) is 2.32. The zero-order valence-electron chi connectivity index (χ0n) is 11.4. The lowest BCUT2D eigenvalue weighted by Gasteiger charge is -2.38. The van der Waals surface area contributed by atoms with Crippen LogP contribution in [0, 0.1) is 0 Å². The second-order valence-corrected chi connectivity index (χ2v) is 6.12. The molecule has 1 aliphatic rings. The van der Waals surface area contributed by atoms with Crippen LogP contribution in [0.2, 0.25) is 5.02 Å². The molecule has 1 aromatic carbocycles. The van der Waals surface area contributed by atoms with Crippen molar-refractivity contribution in [2.75, 3.05) is 20.1 Å². The third kappa shape index (κ3) is 3.71. The molecule has 2 nitrogen and oxygen atoms in total. The van der Waals surface area contributed by atoms with Crippen molar-refractivity contribution in [2.24, 2.45) is 0 Å². The van der Waals surface area contributed by atoms with Gasteiger partial charge in [-0.25, -0.2) is 0 Å². The molecule has 1 aliphatic heterocycles. The molecule has 1 saturated heterocycles. The molecule has 0 aromatic heterocycles. The second-order valence-electron chi connectivity index (χ2n) is 5.71. The van der Waals surface area contributed by atoms with Crippen molar-refractivity contribution in [2.45, 2.75) is 38.3 Å². The van der Waals surface area contributed by atoms with Crippen LogP contribution in [-0.2, 0) is 6.54 Å². The van der Waals surface area contributed by atoms with Gasteiger partial charge in [0.2, 0.25) is 0 Å². The highest BCUT2D eigenvalue weighted by molar-refractivity contribution is 6.31. The first kappa shape index (κ1) is 13.9. The van der Waals surface area contributed by atoms with Gasteiger partial charge in [0.05, 0.1) is 0 Å². The minimum absolute atomic E-state index is 0.258. The van der Waals surface area contributed by atoms with Gasteiger partial charge in [0.25, 0.3) is 0 Å². The van der Waals surface area contributed by atoms with Crippen LogP contribution in [0.1, 0.15) is 31.7 Å². The van der Waals surface area contributed by atoms with Crippen molar-refractivity contribution in [1.82, 2.24) is 10.2 Å². The molecule has 0 spiro atoms. The lowest BCUT2D eigenvalue weighted by atomic mass is 9.90. The van der Waals surface area contributed by atoms with Crippen LogP contribution < -0.4 is 5.32 Å². The summed E-state index contributed by atoms with van der Waals surface area (Å²) in [5.41, 5.74) is 1.47. The van der Waals surface area contributed by atoms with Gasteiger partial charge in [-0.3, -0.25) is 0 Å². The van der Waals surface area contributed by atoms with E-state index in [0.717, 1.165) is 24.7 Å². The van der Waals surface area contributed by atoms with E-state index in [1.807, 2.05) is 12.1 Å². The molecule has 0 radical (unpaired) electrons. The van der Waals surface area contributed by atoms with Gasteiger partial charge >= 0.3 is 0 Å². The van der Waals surface area contributed by atoms with Crippen molar-refractivity contribution in [3.63, 3.8) is 0 Å². The van der Waals surface area contributed by atoms with Crippen LogP contribution >= 0.6 is 11.6 Å². The maximum atomic E-state index is 6.20. The fourth-order valence-electron chi connectivity index (χ4n) is 2.82. The zero-order valence-corrected chi connectivity index (χ0v) is 12.1. The normalized spacial score (nSPS) is 24.4. The Kier molecular flexibility index (Phi) is 4.66. The Labute approximate surface area is 115 Å². The Balaban J connectivity index is 1.92. The number of hydrogen-bond donors (Lipinski definition) is 1. The molecule has 2 rings (SSSR count). The first-order valence-electron chi connectivity index (χ1n) is 6.76. The minimum atomic E-state index is 0.258. The summed E-state index contributed by atoms with van der Waals surface area (Å²) in [4.78, 5) is 2.36. The molecule has 1 atom stereocenters. The second kappa shape index (κ2) is 6.05. The fourth-order valence-corrected chi connectivity index (χ4v) is 3.02. The first-order chi connectivity index (χ1) is 8.59. The number of hydrogen-bond acceptors (Lipinski definition) is 2. The van der Waals surface area contributed by atoms with Gasteiger partial charge < -0.3 is 10.2 Å². The van der Waals surface area contributed by atoms with Crippen molar-refractivity contribution in [1.29, 1.82) is 0 Å². The summed E-state index contributed by atoms with van der Waals surface area (Å²) in [7, 11) is 2.17. The van der Waals surface area contributed by atoms with E-state index in [1.54, 1.807) is 0 Å². The van der Waals surface area contributed by atoms with Crippen molar-refractivity contribution < 1.29 is 0 Å². The number of rotatable bonds is 4. The van der Waals surface area contributed by atoms with E-state index in [1.165, 1.54) is 24.8 Å². The van der Waals surface area contributed by atoms with Gasteiger partial charge in [-0.15, -0.1) is 0 Å². The summed E-state index contributed by atoms with van der Waals surface area (Å²) in [6.07, 6.45) is 3.91. The number of halogens is 1. The first-order valence-corrected chi connectivity index (χ1v) is 7.14. The molecule has 1 fully saturated rings. The third-order valence-corrected chi connectivity index (χ3v) is 4.09. The quantitative estimate of drug-likeness (QED) is 0.900. The molecule has 3 heteroatoms. The molecule has 1 aromatic rings. The van der Waals surface area contributed by atoms with E-state index in [2.05, 4.69) is 36.3 Å². The van der Waals surface area contributed by atoms with Gasteiger partial charge in [0, 0.05) is 23.7 Å². The third-order valence-electron chi connectivity index (χ3n) is 3.72. The lowest BCUT2D eigenvalue weighted by Crippen LogP contribution is -2.52. The molecule has 18 heavy (non-hydrogen) atoms. The standard InChI is InChI=1S/C15H23ClN2/c1-15(9-5-6-10-17-15)12-18(2)11-13-7-3-4-8-14(13)16/h3-4,7-8,17H,5-6,9-12H2,1-2H3. The summed E-state index contributed by atoms with van der Waals surface area (Å²) in [6, 6.07) is 8.10. The Hall–Kier alpha value is -0.570. The maximum Gasteiger partial charge on any atom is 0.0451 e. The summed E-state index contributed by atoms with van der Waals surface area (Å²) in [6.45, 7) is 5.46. The topological polar surface area (TPSA) is 15.3 Å². The van der Waals surface area contributed by atoms with Gasteiger partial charge in [-0.1, -0.05) is 36.2 Å². The predicted octanol–water partition coefficient (Wildman–Crippen LogP) is 3.30. The highest BCUT2D eigenvalue weighted by atomic mass is 35.5. The van der Waals surface area contributed by atoms with Crippen LogP contribution in [-0.4, -0.2) is 30.6 Å². The van der Waals surface area contributed by atoms with E-state index < -0.39 is 0 Å². The molecule has 0 saturated carbocycles. The monoisotopic (exact) mass is 266 g/mol. The Bertz CT molecular complexity index is 386. The van der Waals surface area contributed by atoms with Crippen LogP contribution in [0.3, 0.4) is 0 Å². The van der Waals surface area contributed by atoms with Gasteiger partial charge in [-0.2, -0.15) is 0 Å². The number of piperidine rings is 1. The summed E-state index contributed by atoms with van der Waals surface area (Å²) in [5, 5.41) is 4.52. The van der Waals surface area contributed by atoms with E-state index in [9.17, 15) is 0 Å². The Morgan fingerprint density at radius 1 is 1.33 bits per heavy atom. The van der Waals surface area contributed by atoms with Crippen LogP contribution in [0.15, 0.2) is 24.3 Å². The Morgan fingerprint density at radius 3 is 2.78 bits per heavy atom. The minimum Gasteiger partial charge on any atom is -0.310 e. The van der Waals surface area contributed by atoms with Gasteiger partial charge in [0.15, 0.2) is 0 Å². The summed E-state index contributed by atoms with van der Waals surface area (Å²) < 4.78 is 0. The number of nitrogens with one attached hydrogen (secondary N) is 1. The maximum absolute atomic E-state index is 6.20. The molecule has 0 aliphatic carbocycles. The van der Waals surface area contributed by atoms with E-state index in [0.29, 0.717) is 0 Å². The molecule has 0 bridgehead atoms. The largest absolute Gasteiger partial charge is 0.310 e. The molecule has 0 amide bonds.